The SMILES string of the molecule is CC(=O)C(=O)C(O)(C(=O)c1ccccc1)C(O)(C(=O)c1ccccc1)C(O)C(O)C(=O)c1ccccc1. The van der Waals surface area contributed by atoms with E-state index in [2.05, 4.69) is 0 Å². The minimum atomic E-state index is -3.93. The number of hydrogen-bond donors (Lipinski definition) is 4. The van der Waals surface area contributed by atoms with E-state index >= 15 is 0 Å². The zero-order valence-corrected chi connectivity index (χ0v) is 19.6. The van der Waals surface area contributed by atoms with Crippen LogP contribution in [0.1, 0.15) is 38.0 Å². The van der Waals surface area contributed by atoms with E-state index < -0.39 is 57.9 Å². The summed E-state index contributed by atoms with van der Waals surface area (Å²) >= 11 is 0. The van der Waals surface area contributed by atoms with Crippen LogP contribution in [0.5, 0.6) is 0 Å². The first-order valence-corrected chi connectivity index (χ1v) is 11.1. The first-order chi connectivity index (χ1) is 17.5. The van der Waals surface area contributed by atoms with Gasteiger partial charge in [0.2, 0.25) is 28.6 Å². The fourth-order valence-electron chi connectivity index (χ4n) is 3.97. The molecule has 0 fully saturated rings. The molecule has 190 valence electrons. The van der Waals surface area contributed by atoms with E-state index in [-0.39, 0.29) is 11.1 Å². The second-order valence-corrected chi connectivity index (χ2v) is 8.37. The highest BCUT2D eigenvalue weighted by molar-refractivity contribution is 6.47. The average Bonchev–Trinajstić information content (AvgIpc) is 2.95. The van der Waals surface area contributed by atoms with E-state index in [4.69, 9.17) is 0 Å². The van der Waals surface area contributed by atoms with Crippen molar-refractivity contribution in [1.29, 1.82) is 0 Å². The molecule has 0 bridgehead atoms. The van der Waals surface area contributed by atoms with Gasteiger partial charge in [-0.05, 0) is 0 Å². The van der Waals surface area contributed by atoms with Gasteiger partial charge in [0.05, 0.1) is 0 Å². The molecule has 9 nitrogen and oxygen atoms in total. The number of ketones is 5. The number of Topliss-reactive ketones (excluding diaryl/α,β-unsaturated/α-hetero) is 5. The van der Waals surface area contributed by atoms with Crippen molar-refractivity contribution in [3.63, 3.8) is 0 Å². The predicted octanol–water partition coefficient (Wildman–Crippen LogP) is 0.977. The molecule has 4 atom stereocenters. The summed E-state index contributed by atoms with van der Waals surface area (Å²) in [6.45, 7) is 0.691. The zero-order chi connectivity index (χ0) is 27.4. The maximum absolute atomic E-state index is 13.7. The van der Waals surface area contributed by atoms with Gasteiger partial charge in [-0.2, -0.15) is 0 Å². The molecule has 9 heteroatoms. The van der Waals surface area contributed by atoms with Gasteiger partial charge in [-0.15, -0.1) is 0 Å². The molecule has 0 saturated carbocycles. The van der Waals surface area contributed by atoms with E-state index in [0.29, 0.717) is 6.92 Å². The highest BCUT2D eigenvalue weighted by Gasteiger charge is 2.69. The lowest BCUT2D eigenvalue weighted by Gasteiger charge is -2.43. The third-order valence-corrected chi connectivity index (χ3v) is 6.00. The number of aliphatic hydroxyl groups is 4. The predicted molar refractivity (Wildman–Crippen MR) is 130 cm³/mol. The van der Waals surface area contributed by atoms with Crippen molar-refractivity contribution >= 4 is 28.9 Å². The Bertz CT molecular complexity index is 1320. The van der Waals surface area contributed by atoms with Gasteiger partial charge in [0.1, 0.15) is 12.2 Å². The Balaban J connectivity index is 2.29. The number of benzene rings is 3. The molecule has 3 rings (SSSR count). The maximum Gasteiger partial charge on any atom is 0.241 e. The summed E-state index contributed by atoms with van der Waals surface area (Å²) in [7, 11) is 0. The van der Waals surface area contributed by atoms with Crippen molar-refractivity contribution in [2.24, 2.45) is 0 Å². The fraction of sp³-hybridized carbons (Fsp3) is 0.179. The number of carbonyl (C=O) groups excluding carboxylic acids is 5. The molecule has 0 aliphatic rings. The van der Waals surface area contributed by atoms with Crippen molar-refractivity contribution in [3.05, 3.63) is 108 Å². The standard InChI is InChI=1S/C28H24O9/c1-17(29)23(32)27(36,24(33)19-13-7-3-8-14-19)28(37,25(34)20-15-9-4-10-16-20)26(35)22(31)21(30)18-11-5-2-6-12-18/h2-16,22,26,31,35-37H,1H3. The summed E-state index contributed by atoms with van der Waals surface area (Å²) in [6.07, 6.45) is -5.54. The Kier molecular flexibility index (Phi) is 8.05. The van der Waals surface area contributed by atoms with Gasteiger partial charge in [-0.3, -0.25) is 24.0 Å². The Labute approximate surface area is 211 Å². The monoisotopic (exact) mass is 504 g/mol. The van der Waals surface area contributed by atoms with Crippen molar-refractivity contribution < 1.29 is 44.4 Å². The highest BCUT2D eigenvalue weighted by Crippen LogP contribution is 2.36. The number of hydrogen-bond acceptors (Lipinski definition) is 9. The quantitative estimate of drug-likeness (QED) is 0.169. The van der Waals surface area contributed by atoms with Crippen molar-refractivity contribution in [1.82, 2.24) is 0 Å². The van der Waals surface area contributed by atoms with Gasteiger partial charge in [-0.1, -0.05) is 91.0 Å². The third-order valence-electron chi connectivity index (χ3n) is 6.00. The molecule has 0 aromatic heterocycles. The molecule has 0 aliphatic carbocycles. The second-order valence-electron chi connectivity index (χ2n) is 8.37. The maximum atomic E-state index is 13.7. The molecule has 4 unspecified atom stereocenters. The molecule has 3 aromatic carbocycles. The smallest absolute Gasteiger partial charge is 0.241 e. The topological polar surface area (TPSA) is 166 Å². The summed E-state index contributed by atoms with van der Waals surface area (Å²) in [6, 6.07) is 20.0. The number of rotatable bonds is 11. The van der Waals surface area contributed by atoms with E-state index in [1.165, 1.54) is 60.7 Å². The van der Waals surface area contributed by atoms with Crippen molar-refractivity contribution in [2.45, 2.75) is 30.3 Å². The molecule has 3 aromatic rings. The van der Waals surface area contributed by atoms with Gasteiger partial charge in [0, 0.05) is 23.6 Å². The van der Waals surface area contributed by atoms with E-state index in [9.17, 15) is 44.4 Å². The Hall–Kier alpha value is -4.15. The van der Waals surface area contributed by atoms with Crippen molar-refractivity contribution in [3.8, 4) is 0 Å². The molecular weight excluding hydrogens is 480 g/mol. The Morgan fingerprint density at radius 3 is 1.41 bits per heavy atom. The van der Waals surface area contributed by atoms with Crippen LogP contribution in [-0.4, -0.2) is 72.8 Å². The Morgan fingerprint density at radius 1 is 0.622 bits per heavy atom. The molecule has 0 saturated heterocycles. The van der Waals surface area contributed by atoms with Crippen LogP contribution in [0.3, 0.4) is 0 Å². The first kappa shape index (κ1) is 27.4. The fourth-order valence-corrected chi connectivity index (χ4v) is 3.97. The Morgan fingerprint density at radius 2 is 1.00 bits per heavy atom. The number of aliphatic hydroxyl groups excluding tert-OH is 2. The van der Waals surface area contributed by atoms with Gasteiger partial charge < -0.3 is 20.4 Å². The lowest BCUT2D eigenvalue weighted by molar-refractivity contribution is -0.182. The van der Waals surface area contributed by atoms with Crippen LogP contribution in [0.4, 0.5) is 0 Å². The molecule has 0 spiro atoms. The summed E-state index contributed by atoms with van der Waals surface area (Å²) in [5.74, 6) is -7.72. The van der Waals surface area contributed by atoms with Crippen LogP contribution in [-0.2, 0) is 9.59 Å². The molecule has 0 aliphatic heterocycles. The number of carbonyl (C=O) groups is 5. The van der Waals surface area contributed by atoms with Gasteiger partial charge in [-0.25, -0.2) is 0 Å². The van der Waals surface area contributed by atoms with Crippen LogP contribution in [0.15, 0.2) is 91.0 Å². The van der Waals surface area contributed by atoms with E-state index in [0.717, 1.165) is 24.3 Å². The van der Waals surface area contributed by atoms with Gasteiger partial charge >= 0.3 is 0 Å². The molecule has 0 heterocycles. The summed E-state index contributed by atoms with van der Waals surface area (Å²) in [5, 5.41) is 45.3. The second kappa shape index (κ2) is 10.9. The minimum Gasteiger partial charge on any atom is -0.386 e. The molecular formula is C28H24O9. The zero-order valence-electron chi connectivity index (χ0n) is 19.6. The van der Waals surface area contributed by atoms with Crippen LogP contribution >= 0.6 is 0 Å². The van der Waals surface area contributed by atoms with Gasteiger partial charge in [0.25, 0.3) is 0 Å². The van der Waals surface area contributed by atoms with Crippen LogP contribution in [0.2, 0.25) is 0 Å². The minimum absolute atomic E-state index is 0.139. The first-order valence-electron chi connectivity index (χ1n) is 11.1. The van der Waals surface area contributed by atoms with Crippen LogP contribution in [0, 0.1) is 0 Å². The molecule has 0 amide bonds. The summed E-state index contributed by atoms with van der Waals surface area (Å²) < 4.78 is 0. The summed E-state index contributed by atoms with van der Waals surface area (Å²) in [5.41, 5.74) is -8.73. The normalized spacial score (nSPS) is 15.9. The lowest BCUT2D eigenvalue weighted by atomic mass is 9.66. The third kappa shape index (κ3) is 4.81. The average molecular weight is 504 g/mol. The molecule has 4 N–H and O–H groups in total. The largest absolute Gasteiger partial charge is 0.386 e. The van der Waals surface area contributed by atoms with Crippen LogP contribution < -0.4 is 0 Å². The van der Waals surface area contributed by atoms with Crippen molar-refractivity contribution in [2.75, 3.05) is 0 Å². The van der Waals surface area contributed by atoms with Gasteiger partial charge in [0.15, 0.2) is 11.6 Å². The van der Waals surface area contributed by atoms with E-state index in [1.54, 1.807) is 6.07 Å². The lowest BCUT2D eigenvalue weighted by Crippen LogP contribution is -2.75. The molecule has 37 heavy (non-hydrogen) atoms. The summed E-state index contributed by atoms with van der Waals surface area (Å²) in [4.78, 5) is 65.4. The van der Waals surface area contributed by atoms with Crippen LogP contribution in [0.25, 0.3) is 0 Å². The highest BCUT2D eigenvalue weighted by atomic mass is 16.4. The van der Waals surface area contributed by atoms with E-state index in [1.807, 2.05) is 0 Å². The molecule has 0 radical (unpaired) electrons.